The number of rotatable bonds is 11. The molecular weight excluding hydrogens is 442 g/mol. The number of fused-ring (bicyclic) bond motifs is 1. The largest absolute Gasteiger partial charge is 0.466 e. The molecule has 4 aliphatic rings. The first-order chi connectivity index (χ1) is 16.5. The van der Waals surface area contributed by atoms with Crippen LogP contribution in [0.2, 0.25) is 0 Å². The lowest BCUT2D eigenvalue weighted by Gasteiger charge is -2.37. The molecule has 190 valence electrons. The van der Waals surface area contributed by atoms with Gasteiger partial charge in [-0.2, -0.15) is 0 Å². The summed E-state index contributed by atoms with van der Waals surface area (Å²) in [4.78, 5) is 46.0. The SMILES string of the molecule is C=CCN(CCN1CCOCC1)C(=O)C1N(CCCO)C(=O)[C@@H]2[C@H](C(=O)OCC)[C@@H]3CCC12O3. The number of hydrogen-bond acceptors (Lipinski definition) is 8. The molecule has 0 aromatic heterocycles. The van der Waals surface area contributed by atoms with Crippen molar-refractivity contribution in [1.29, 1.82) is 0 Å². The molecule has 4 rings (SSSR count). The van der Waals surface area contributed by atoms with Crippen LogP contribution in [-0.4, -0.2) is 121 Å². The summed E-state index contributed by atoms with van der Waals surface area (Å²) in [5.41, 5.74) is -1.04. The van der Waals surface area contributed by atoms with E-state index in [0.717, 1.165) is 13.1 Å². The molecule has 2 bridgehead atoms. The van der Waals surface area contributed by atoms with Gasteiger partial charge in [-0.25, -0.2) is 0 Å². The Kier molecular flexibility index (Phi) is 7.91. The van der Waals surface area contributed by atoms with Crippen molar-refractivity contribution in [3.05, 3.63) is 12.7 Å². The van der Waals surface area contributed by atoms with Crippen molar-refractivity contribution in [3.8, 4) is 0 Å². The molecule has 2 amide bonds. The summed E-state index contributed by atoms with van der Waals surface area (Å²) in [6.45, 7) is 10.5. The lowest BCUT2D eigenvalue weighted by atomic mass is 9.70. The van der Waals surface area contributed by atoms with Crippen molar-refractivity contribution in [3.63, 3.8) is 0 Å². The Morgan fingerprint density at radius 1 is 1.32 bits per heavy atom. The molecule has 10 heteroatoms. The summed E-state index contributed by atoms with van der Waals surface area (Å²) in [5, 5.41) is 9.43. The number of aliphatic hydroxyl groups is 1. The molecule has 5 atom stereocenters. The van der Waals surface area contributed by atoms with Crippen molar-refractivity contribution in [1.82, 2.24) is 14.7 Å². The molecule has 4 saturated heterocycles. The molecule has 10 nitrogen and oxygen atoms in total. The minimum atomic E-state index is -1.04. The first-order valence-electron chi connectivity index (χ1n) is 12.4. The van der Waals surface area contributed by atoms with Gasteiger partial charge in [-0.3, -0.25) is 19.3 Å². The highest BCUT2D eigenvalue weighted by atomic mass is 16.6. The Hall–Kier alpha value is -2.01. The molecule has 0 saturated carbocycles. The van der Waals surface area contributed by atoms with Crippen molar-refractivity contribution < 1.29 is 33.7 Å². The number of carbonyl (C=O) groups is 3. The third-order valence-electron chi connectivity index (χ3n) is 7.60. The number of nitrogens with zero attached hydrogens (tertiary/aromatic N) is 3. The Morgan fingerprint density at radius 3 is 2.76 bits per heavy atom. The standard InChI is InChI=1S/C24H37N3O7/c1-3-8-26(11-10-25-12-15-32-16-13-25)22(30)20-24-7-6-17(34-24)18(23(31)33-4-2)19(24)21(29)27(20)9-5-14-28/h3,17-20,28H,1,4-16H2,2H3/t17-,18+,19-,20?,24?/m0/s1. The molecule has 4 fully saturated rings. The van der Waals surface area contributed by atoms with Crippen LogP contribution >= 0.6 is 0 Å². The topological polar surface area (TPSA) is 109 Å². The Balaban J connectivity index is 1.60. The highest BCUT2D eigenvalue weighted by molar-refractivity contribution is 5.98. The average Bonchev–Trinajstić information content (AvgIpc) is 3.48. The zero-order chi connectivity index (χ0) is 24.3. The number of carbonyl (C=O) groups excluding carboxylic acids is 3. The summed E-state index contributed by atoms with van der Waals surface area (Å²) in [6, 6.07) is -0.828. The number of ether oxygens (including phenoxy) is 3. The van der Waals surface area contributed by atoms with Crippen molar-refractivity contribution in [2.24, 2.45) is 11.8 Å². The van der Waals surface area contributed by atoms with Crippen LogP contribution in [0.1, 0.15) is 26.2 Å². The van der Waals surface area contributed by atoms with Gasteiger partial charge in [0, 0.05) is 45.9 Å². The number of aliphatic hydroxyl groups excluding tert-OH is 1. The Bertz CT molecular complexity index is 787. The quantitative estimate of drug-likeness (QED) is 0.317. The van der Waals surface area contributed by atoms with Gasteiger partial charge in [0.05, 0.1) is 37.8 Å². The van der Waals surface area contributed by atoms with Gasteiger partial charge in [0.25, 0.3) is 0 Å². The molecule has 34 heavy (non-hydrogen) atoms. The Labute approximate surface area is 200 Å². The fraction of sp³-hybridized carbons (Fsp3) is 0.792. The molecule has 0 aliphatic carbocycles. The number of amides is 2. The van der Waals surface area contributed by atoms with E-state index in [9.17, 15) is 19.5 Å². The van der Waals surface area contributed by atoms with E-state index in [2.05, 4.69) is 11.5 Å². The summed E-state index contributed by atoms with van der Waals surface area (Å²) < 4.78 is 17.1. The molecule has 4 heterocycles. The van der Waals surface area contributed by atoms with Crippen LogP contribution in [0.4, 0.5) is 0 Å². The van der Waals surface area contributed by atoms with E-state index in [4.69, 9.17) is 14.2 Å². The van der Waals surface area contributed by atoms with E-state index in [1.807, 2.05) is 0 Å². The van der Waals surface area contributed by atoms with E-state index in [1.165, 1.54) is 0 Å². The molecule has 0 aromatic rings. The normalized spacial score (nSPS) is 32.6. The Morgan fingerprint density at radius 2 is 2.09 bits per heavy atom. The van der Waals surface area contributed by atoms with E-state index in [-0.39, 0.29) is 31.6 Å². The van der Waals surface area contributed by atoms with Gasteiger partial charge in [0.2, 0.25) is 11.8 Å². The van der Waals surface area contributed by atoms with E-state index in [0.29, 0.717) is 52.1 Å². The summed E-state index contributed by atoms with van der Waals surface area (Å²) in [5.74, 6) is -2.30. The third-order valence-corrected chi connectivity index (χ3v) is 7.60. The van der Waals surface area contributed by atoms with Crippen LogP contribution in [0, 0.1) is 11.8 Å². The minimum Gasteiger partial charge on any atom is -0.466 e. The second kappa shape index (κ2) is 10.7. The zero-order valence-corrected chi connectivity index (χ0v) is 20.0. The van der Waals surface area contributed by atoms with E-state index < -0.39 is 35.6 Å². The van der Waals surface area contributed by atoms with Gasteiger partial charge in [-0.05, 0) is 26.2 Å². The number of likely N-dealkylation sites (tertiary alicyclic amines) is 1. The molecule has 1 N–H and O–H groups in total. The van der Waals surface area contributed by atoms with Gasteiger partial charge in [-0.15, -0.1) is 6.58 Å². The fourth-order valence-corrected chi connectivity index (χ4v) is 6.13. The van der Waals surface area contributed by atoms with E-state index in [1.54, 1.807) is 22.8 Å². The molecule has 2 unspecified atom stereocenters. The van der Waals surface area contributed by atoms with Gasteiger partial charge >= 0.3 is 5.97 Å². The first-order valence-corrected chi connectivity index (χ1v) is 12.4. The zero-order valence-electron chi connectivity index (χ0n) is 20.0. The van der Waals surface area contributed by atoms with Gasteiger partial charge < -0.3 is 29.1 Å². The number of esters is 1. The molecule has 0 aromatic carbocycles. The molecule has 4 aliphatic heterocycles. The maximum atomic E-state index is 14.0. The predicted molar refractivity (Wildman–Crippen MR) is 122 cm³/mol. The van der Waals surface area contributed by atoms with Crippen LogP contribution in [0.25, 0.3) is 0 Å². The molecule has 0 radical (unpaired) electrons. The van der Waals surface area contributed by atoms with Crippen LogP contribution < -0.4 is 0 Å². The van der Waals surface area contributed by atoms with Crippen LogP contribution in [0.3, 0.4) is 0 Å². The van der Waals surface area contributed by atoms with Gasteiger partial charge in [0.1, 0.15) is 11.6 Å². The lowest BCUT2D eigenvalue weighted by molar-refractivity contribution is -0.155. The lowest BCUT2D eigenvalue weighted by Crippen LogP contribution is -2.57. The third kappa shape index (κ3) is 4.36. The van der Waals surface area contributed by atoms with Crippen LogP contribution in [0.15, 0.2) is 12.7 Å². The fourth-order valence-electron chi connectivity index (χ4n) is 6.13. The van der Waals surface area contributed by atoms with Crippen LogP contribution in [0.5, 0.6) is 0 Å². The van der Waals surface area contributed by atoms with Gasteiger partial charge in [-0.1, -0.05) is 6.08 Å². The monoisotopic (exact) mass is 479 g/mol. The number of morpholine rings is 1. The highest BCUT2D eigenvalue weighted by Crippen LogP contribution is 2.58. The molecule has 1 spiro atoms. The van der Waals surface area contributed by atoms with Crippen molar-refractivity contribution in [2.75, 3.05) is 65.7 Å². The predicted octanol–water partition coefficient (Wildman–Crippen LogP) is -0.347. The summed E-state index contributed by atoms with van der Waals surface area (Å²) >= 11 is 0. The van der Waals surface area contributed by atoms with Crippen molar-refractivity contribution >= 4 is 17.8 Å². The maximum Gasteiger partial charge on any atom is 0.312 e. The van der Waals surface area contributed by atoms with E-state index >= 15 is 0 Å². The minimum absolute atomic E-state index is 0.0967. The van der Waals surface area contributed by atoms with Crippen molar-refractivity contribution in [2.45, 2.75) is 43.9 Å². The van der Waals surface area contributed by atoms with Gasteiger partial charge in [0.15, 0.2) is 0 Å². The second-order valence-electron chi connectivity index (χ2n) is 9.44. The number of hydrogen-bond donors (Lipinski definition) is 1. The summed E-state index contributed by atoms with van der Waals surface area (Å²) in [7, 11) is 0. The summed E-state index contributed by atoms with van der Waals surface area (Å²) in [6.07, 6.45) is 2.78. The average molecular weight is 480 g/mol. The molecular formula is C24H37N3O7. The second-order valence-corrected chi connectivity index (χ2v) is 9.44. The maximum absolute atomic E-state index is 14.0. The smallest absolute Gasteiger partial charge is 0.312 e. The first kappa shape index (κ1) is 25.1. The van der Waals surface area contributed by atoms with Crippen LogP contribution in [-0.2, 0) is 28.6 Å². The highest BCUT2D eigenvalue weighted by Gasteiger charge is 2.74.